The van der Waals surface area contributed by atoms with Gasteiger partial charge in [-0.3, -0.25) is 4.68 Å². The van der Waals surface area contributed by atoms with Crippen molar-refractivity contribution in [2.24, 2.45) is 0 Å². The largest absolute Gasteiger partial charge is 0.310 e. The zero-order valence-electron chi connectivity index (χ0n) is 9.49. The minimum atomic E-state index is 0.553. The lowest BCUT2D eigenvalue weighted by Crippen LogP contribution is -2.26. The molecule has 1 aliphatic carbocycles. The molecule has 0 spiro atoms. The summed E-state index contributed by atoms with van der Waals surface area (Å²) in [7, 11) is 0. The van der Waals surface area contributed by atoms with Crippen LogP contribution in [0.25, 0.3) is 0 Å². The van der Waals surface area contributed by atoms with E-state index in [4.69, 9.17) is 0 Å². The highest BCUT2D eigenvalue weighted by molar-refractivity contribution is 8.00. The highest BCUT2D eigenvalue weighted by Crippen LogP contribution is 2.46. The molecule has 0 atom stereocenters. The topological polar surface area (TPSA) is 29.9 Å². The lowest BCUT2D eigenvalue weighted by Gasteiger charge is -2.13. The number of hydrogen-bond donors (Lipinski definition) is 1. The summed E-state index contributed by atoms with van der Waals surface area (Å²) in [5.41, 5.74) is 1.29. The van der Waals surface area contributed by atoms with Crippen LogP contribution in [0.3, 0.4) is 0 Å². The summed E-state index contributed by atoms with van der Waals surface area (Å²) in [4.78, 5) is 0. The van der Waals surface area contributed by atoms with Gasteiger partial charge in [0.15, 0.2) is 0 Å². The number of nitrogens with one attached hydrogen (secondary N) is 1. The van der Waals surface area contributed by atoms with Gasteiger partial charge in [0.2, 0.25) is 0 Å². The van der Waals surface area contributed by atoms with Crippen LogP contribution in [0.2, 0.25) is 0 Å². The lowest BCUT2D eigenvalue weighted by atomic mass is 10.3. The Morgan fingerprint density at radius 1 is 1.60 bits per heavy atom. The molecule has 3 nitrogen and oxygen atoms in total. The zero-order valence-corrected chi connectivity index (χ0v) is 10.3. The summed E-state index contributed by atoms with van der Waals surface area (Å²) in [6.45, 7) is 5.15. The number of aromatic nitrogens is 2. The van der Waals surface area contributed by atoms with Crippen molar-refractivity contribution in [3.05, 3.63) is 18.0 Å². The smallest absolute Gasteiger partial charge is 0.0521 e. The predicted molar refractivity (Wildman–Crippen MR) is 65.1 cm³/mol. The molecule has 0 aliphatic heterocycles. The number of nitrogens with zero attached hydrogens (tertiary/aromatic N) is 2. The molecule has 1 aromatic heterocycles. The summed E-state index contributed by atoms with van der Waals surface area (Å²) in [5, 5.41) is 7.79. The van der Waals surface area contributed by atoms with Gasteiger partial charge >= 0.3 is 0 Å². The van der Waals surface area contributed by atoms with Crippen molar-refractivity contribution in [2.75, 3.05) is 12.8 Å². The van der Waals surface area contributed by atoms with E-state index in [9.17, 15) is 0 Å². The zero-order chi connectivity index (χ0) is 10.7. The van der Waals surface area contributed by atoms with Crippen LogP contribution in [-0.2, 0) is 13.1 Å². The summed E-state index contributed by atoms with van der Waals surface area (Å²) in [6.07, 6.45) is 6.83. The summed E-state index contributed by atoms with van der Waals surface area (Å²) >= 11 is 2.00. The molecule has 1 saturated carbocycles. The van der Waals surface area contributed by atoms with Crippen LogP contribution in [-0.4, -0.2) is 27.3 Å². The number of thioether (sulfide) groups is 1. The van der Waals surface area contributed by atoms with Gasteiger partial charge in [-0.2, -0.15) is 16.9 Å². The van der Waals surface area contributed by atoms with Gasteiger partial charge in [0.05, 0.1) is 5.69 Å². The Balaban J connectivity index is 1.78. The van der Waals surface area contributed by atoms with Gasteiger partial charge in [-0.15, -0.1) is 0 Å². The van der Waals surface area contributed by atoms with Gasteiger partial charge < -0.3 is 5.32 Å². The van der Waals surface area contributed by atoms with Crippen LogP contribution in [0.15, 0.2) is 12.3 Å². The first-order valence-corrected chi connectivity index (χ1v) is 6.79. The Bertz CT molecular complexity index is 317. The fourth-order valence-corrected chi connectivity index (χ4v) is 2.56. The Labute approximate surface area is 95.6 Å². The second kappa shape index (κ2) is 4.58. The lowest BCUT2D eigenvalue weighted by molar-refractivity contribution is 0.576. The van der Waals surface area contributed by atoms with Crippen LogP contribution >= 0.6 is 11.8 Å². The maximum Gasteiger partial charge on any atom is 0.0521 e. The van der Waals surface area contributed by atoms with Crippen LogP contribution < -0.4 is 5.32 Å². The molecule has 1 heterocycles. The van der Waals surface area contributed by atoms with Gasteiger partial charge in [0.25, 0.3) is 0 Å². The standard InChI is InChI=1S/C11H19N3S/c1-3-14-10(4-7-13-14)8-12-9-11(15-2)5-6-11/h4,7,12H,3,5-6,8-9H2,1-2H3. The Hall–Kier alpha value is -0.480. The molecule has 0 saturated heterocycles. The van der Waals surface area contributed by atoms with E-state index < -0.39 is 0 Å². The molecule has 0 radical (unpaired) electrons. The molecule has 0 aromatic carbocycles. The summed E-state index contributed by atoms with van der Waals surface area (Å²) < 4.78 is 2.60. The molecule has 0 unspecified atom stereocenters. The van der Waals surface area contributed by atoms with Crippen molar-refractivity contribution < 1.29 is 0 Å². The third-order valence-electron chi connectivity index (χ3n) is 3.10. The van der Waals surface area contributed by atoms with Crippen molar-refractivity contribution in [1.29, 1.82) is 0 Å². The maximum atomic E-state index is 4.26. The van der Waals surface area contributed by atoms with Crippen molar-refractivity contribution in [3.63, 3.8) is 0 Å². The third-order valence-corrected chi connectivity index (χ3v) is 4.52. The monoisotopic (exact) mass is 225 g/mol. The number of hydrogen-bond acceptors (Lipinski definition) is 3. The van der Waals surface area contributed by atoms with E-state index in [2.05, 4.69) is 29.7 Å². The fraction of sp³-hybridized carbons (Fsp3) is 0.727. The fourth-order valence-electron chi connectivity index (χ4n) is 1.81. The van der Waals surface area contributed by atoms with Crippen LogP contribution in [0.5, 0.6) is 0 Å². The normalized spacial score (nSPS) is 18.0. The van der Waals surface area contributed by atoms with Gasteiger partial charge in [-0.05, 0) is 32.1 Å². The first-order valence-electron chi connectivity index (χ1n) is 5.56. The molecule has 4 heteroatoms. The number of rotatable bonds is 6. The molecule has 0 amide bonds. The van der Waals surface area contributed by atoms with Gasteiger partial charge in [-0.25, -0.2) is 0 Å². The van der Waals surface area contributed by atoms with Crippen LogP contribution in [0, 0.1) is 0 Å². The second-order valence-electron chi connectivity index (χ2n) is 4.13. The molecule has 1 N–H and O–H groups in total. The maximum absolute atomic E-state index is 4.26. The van der Waals surface area contributed by atoms with Crippen molar-refractivity contribution in [3.8, 4) is 0 Å². The van der Waals surface area contributed by atoms with Crippen LogP contribution in [0.4, 0.5) is 0 Å². The highest BCUT2D eigenvalue weighted by atomic mass is 32.2. The molecule has 0 bridgehead atoms. The van der Waals surface area contributed by atoms with E-state index in [1.165, 1.54) is 18.5 Å². The predicted octanol–water partition coefficient (Wildman–Crippen LogP) is 1.89. The molecule has 1 aromatic rings. The van der Waals surface area contributed by atoms with Gasteiger partial charge in [0, 0.05) is 30.6 Å². The molecule has 1 aliphatic rings. The number of aryl methyl sites for hydroxylation is 1. The minimum absolute atomic E-state index is 0.553. The van der Waals surface area contributed by atoms with E-state index in [-0.39, 0.29) is 0 Å². The second-order valence-corrected chi connectivity index (χ2v) is 5.40. The quantitative estimate of drug-likeness (QED) is 0.802. The van der Waals surface area contributed by atoms with Crippen molar-refractivity contribution in [2.45, 2.75) is 37.6 Å². The van der Waals surface area contributed by atoms with Crippen LogP contribution in [0.1, 0.15) is 25.5 Å². The summed E-state index contributed by atoms with van der Waals surface area (Å²) in [6, 6.07) is 2.09. The SMILES string of the molecule is CCn1nccc1CNCC1(SC)CC1. The molecule has 1 fully saturated rings. The Kier molecular flexibility index (Phi) is 3.36. The molecule has 84 valence electrons. The molecular formula is C11H19N3S. The average Bonchev–Trinajstić information content (AvgIpc) is 2.90. The molecule has 15 heavy (non-hydrogen) atoms. The van der Waals surface area contributed by atoms with Crippen molar-refractivity contribution in [1.82, 2.24) is 15.1 Å². The summed E-state index contributed by atoms with van der Waals surface area (Å²) in [5.74, 6) is 0. The Morgan fingerprint density at radius 3 is 3.00 bits per heavy atom. The van der Waals surface area contributed by atoms with Crippen molar-refractivity contribution >= 4 is 11.8 Å². The third kappa shape index (κ3) is 2.55. The minimum Gasteiger partial charge on any atom is -0.310 e. The van der Waals surface area contributed by atoms with E-state index >= 15 is 0 Å². The first kappa shape index (κ1) is 11.0. The highest BCUT2D eigenvalue weighted by Gasteiger charge is 2.41. The first-order chi connectivity index (χ1) is 7.29. The average molecular weight is 225 g/mol. The van der Waals surface area contributed by atoms with Gasteiger partial charge in [0.1, 0.15) is 0 Å². The van der Waals surface area contributed by atoms with E-state index in [1.807, 2.05) is 22.6 Å². The van der Waals surface area contributed by atoms with E-state index in [1.54, 1.807) is 0 Å². The molecule has 2 rings (SSSR count). The van der Waals surface area contributed by atoms with E-state index in [0.717, 1.165) is 19.6 Å². The molecular weight excluding hydrogens is 206 g/mol. The Morgan fingerprint density at radius 2 is 2.40 bits per heavy atom. The van der Waals surface area contributed by atoms with Gasteiger partial charge in [-0.1, -0.05) is 0 Å². The van der Waals surface area contributed by atoms with E-state index in [0.29, 0.717) is 4.75 Å².